The Morgan fingerprint density at radius 3 is 2.60 bits per heavy atom. The molecule has 0 saturated carbocycles. The largest absolute Gasteiger partial charge is 0.504 e. The summed E-state index contributed by atoms with van der Waals surface area (Å²) in [7, 11) is 1.46. The Morgan fingerprint density at radius 2 is 2.10 bits per heavy atom. The van der Waals surface area contributed by atoms with Crippen molar-refractivity contribution in [3.05, 3.63) is 23.8 Å². The molecule has 0 radical (unpaired) electrons. The van der Waals surface area contributed by atoms with Gasteiger partial charge in [0.2, 0.25) is 0 Å². The molecule has 0 fully saturated rings. The maximum Gasteiger partial charge on any atom is 0.255 e. The molecule has 2 N–H and O–H groups in total. The molecule has 1 atom stereocenters. The minimum atomic E-state index is -0.290. The minimum absolute atomic E-state index is 0.0139. The fraction of sp³-hybridized carbons (Fsp3) is 0.533. The average molecular weight is 344 g/mol. The average Bonchev–Trinajstić information content (AvgIpc) is 2.37. The standard InChI is InChI=1S/C15H22BrNO3/c1-15(2,3)12(8-9-16)17-14(19)10-6-5-7-11(20-4)13(10)18/h5-7,12,18H,8-9H2,1-4H3,(H,17,19). The highest BCUT2D eigenvalue weighted by atomic mass is 79.9. The van der Waals surface area contributed by atoms with E-state index in [2.05, 4.69) is 42.0 Å². The predicted octanol–water partition coefficient (Wildman–Crippen LogP) is 3.33. The number of halogens is 1. The van der Waals surface area contributed by atoms with E-state index in [-0.39, 0.29) is 28.7 Å². The molecule has 1 amide bonds. The lowest BCUT2D eigenvalue weighted by molar-refractivity contribution is 0.0897. The third-order valence-corrected chi connectivity index (χ3v) is 3.67. The van der Waals surface area contributed by atoms with E-state index < -0.39 is 0 Å². The summed E-state index contributed by atoms with van der Waals surface area (Å²) in [5, 5.41) is 13.8. The molecule has 4 nitrogen and oxygen atoms in total. The number of hydrogen-bond donors (Lipinski definition) is 2. The summed E-state index contributed by atoms with van der Waals surface area (Å²) in [6.07, 6.45) is 0.819. The number of aromatic hydroxyl groups is 1. The number of hydrogen-bond acceptors (Lipinski definition) is 3. The number of alkyl halides is 1. The lowest BCUT2D eigenvalue weighted by atomic mass is 9.85. The van der Waals surface area contributed by atoms with E-state index in [1.807, 2.05) is 0 Å². The molecule has 0 bridgehead atoms. The van der Waals surface area contributed by atoms with Crippen LogP contribution in [0.3, 0.4) is 0 Å². The summed E-state index contributed by atoms with van der Waals surface area (Å²) in [4.78, 5) is 12.3. The quantitative estimate of drug-likeness (QED) is 0.806. The fourth-order valence-electron chi connectivity index (χ4n) is 1.94. The molecule has 5 heteroatoms. The van der Waals surface area contributed by atoms with Gasteiger partial charge in [-0.2, -0.15) is 0 Å². The maximum absolute atomic E-state index is 12.3. The lowest BCUT2D eigenvalue weighted by Crippen LogP contribution is -2.44. The van der Waals surface area contributed by atoms with Gasteiger partial charge in [0.1, 0.15) is 0 Å². The normalized spacial score (nSPS) is 12.8. The molecule has 112 valence electrons. The molecular formula is C15H22BrNO3. The van der Waals surface area contributed by atoms with E-state index in [1.54, 1.807) is 18.2 Å². The van der Waals surface area contributed by atoms with Gasteiger partial charge in [-0.3, -0.25) is 4.79 Å². The van der Waals surface area contributed by atoms with E-state index in [1.165, 1.54) is 7.11 Å². The zero-order chi connectivity index (χ0) is 15.3. The third kappa shape index (κ3) is 4.13. The van der Waals surface area contributed by atoms with Crippen LogP contribution in [0.15, 0.2) is 18.2 Å². The lowest BCUT2D eigenvalue weighted by Gasteiger charge is -2.31. The van der Waals surface area contributed by atoms with Gasteiger partial charge < -0.3 is 15.2 Å². The van der Waals surface area contributed by atoms with Crippen LogP contribution >= 0.6 is 15.9 Å². The van der Waals surface area contributed by atoms with Gasteiger partial charge in [-0.1, -0.05) is 42.8 Å². The van der Waals surface area contributed by atoms with Crippen molar-refractivity contribution in [1.29, 1.82) is 0 Å². The highest BCUT2D eigenvalue weighted by molar-refractivity contribution is 9.09. The third-order valence-electron chi connectivity index (χ3n) is 3.21. The van der Waals surface area contributed by atoms with Gasteiger partial charge in [0.25, 0.3) is 5.91 Å². The van der Waals surface area contributed by atoms with Gasteiger partial charge >= 0.3 is 0 Å². The summed E-state index contributed by atoms with van der Waals surface area (Å²) >= 11 is 3.41. The Morgan fingerprint density at radius 1 is 1.45 bits per heavy atom. The number of amides is 1. The van der Waals surface area contributed by atoms with E-state index in [9.17, 15) is 9.90 Å². The fourth-order valence-corrected chi connectivity index (χ4v) is 2.39. The first-order valence-electron chi connectivity index (χ1n) is 6.54. The van der Waals surface area contributed by atoms with Gasteiger partial charge in [-0.05, 0) is 24.0 Å². The molecular weight excluding hydrogens is 322 g/mol. The van der Waals surface area contributed by atoms with Crippen molar-refractivity contribution < 1.29 is 14.6 Å². The van der Waals surface area contributed by atoms with Crippen molar-refractivity contribution in [2.45, 2.75) is 33.2 Å². The topological polar surface area (TPSA) is 58.6 Å². The number of carbonyl (C=O) groups is 1. The van der Waals surface area contributed by atoms with Crippen LogP contribution in [0.25, 0.3) is 0 Å². The molecule has 1 aromatic rings. The van der Waals surface area contributed by atoms with Crippen LogP contribution in [0.1, 0.15) is 37.6 Å². The Bertz CT molecular complexity index is 469. The van der Waals surface area contributed by atoms with Gasteiger partial charge in [-0.15, -0.1) is 0 Å². The zero-order valence-electron chi connectivity index (χ0n) is 12.4. The molecule has 0 spiro atoms. The maximum atomic E-state index is 12.3. The number of para-hydroxylation sites is 1. The van der Waals surface area contributed by atoms with Crippen LogP contribution < -0.4 is 10.1 Å². The molecule has 0 heterocycles. The molecule has 20 heavy (non-hydrogen) atoms. The Balaban J connectivity index is 2.95. The molecule has 0 aliphatic rings. The summed E-state index contributed by atoms with van der Waals surface area (Å²) in [5.74, 6) is -0.119. The van der Waals surface area contributed by atoms with Crippen LogP contribution in [-0.4, -0.2) is 29.5 Å². The number of carbonyl (C=O) groups excluding carboxylic acids is 1. The number of phenols is 1. The summed E-state index contributed by atoms with van der Waals surface area (Å²) in [6.45, 7) is 6.23. The second kappa shape index (κ2) is 6.97. The van der Waals surface area contributed by atoms with Gasteiger partial charge in [0, 0.05) is 11.4 Å². The van der Waals surface area contributed by atoms with Crippen LogP contribution in [-0.2, 0) is 0 Å². The highest BCUT2D eigenvalue weighted by Gasteiger charge is 2.27. The first-order valence-corrected chi connectivity index (χ1v) is 7.66. The Hall–Kier alpha value is -1.23. The van der Waals surface area contributed by atoms with Gasteiger partial charge in [-0.25, -0.2) is 0 Å². The van der Waals surface area contributed by atoms with Crippen LogP contribution in [0.5, 0.6) is 11.5 Å². The van der Waals surface area contributed by atoms with Gasteiger partial charge in [0.05, 0.1) is 12.7 Å². The number of phenolic OH excluding ortho intramolecular Hbond substituents is 1. The monoisotopic (exact) mass is 343 g/mol. The number of ether oxygens (including phenoxy) is 1. The minimum Gasteiger partial charge on any atom is -0.504 e. The first kappa shape index (κ1) is 16.8. The smallest absolute Gasteiger partial charge is 0.255 e. The van der Waals surface area contributed by atoms with E-state index >= 15 is 0 Å². The van der Waals surface area contributed by atoms with Crippen molar-refractivity contribution in [3.63, 3.8) is 0 Å². The molecule has 1 unspecified atom stereocenters. The summed E-state index contributed by atoms with van der Waals surface area (Å²) < 4.78 is 5.02. The first-order chi connectivity index (χ1) is 9.31. The van der Waals surface area contributed by atoms with E-state index in [0.717, 1.165) is 11.8 Å². The van der Waals surface area contributed by atoms with E-state index in [4.69, 9.17) is 4.74 Å². The number of methoxy groups -OCH3 is 1. The van der Waals surface area contributed by atoms with Crippen molar-refractivity contribution >= 4 is 21.8 Å². The SMILES string of the molecule is COc1cccc(C(=O)NC(CCBr)C(C)(C)C)c1O. The molecule has 1 aromatic carbocycles. The van der Waals surface area contributed by atoms with Crippen LogP contribution in [0.2, 0.25) is 0 Å². The van der Waals surface area contributed by atoms with E-state index in [0.29, 0.717) is 5.75 Å². The molecule has 0 saturated heterocycles. The number of nitrogens with one attached hydrogen (secondary N) is 1. The van der Waals surface area contributed by atoms with Crippen molar-refractivity contribution in [2.75, 3.05) is 12.4 Å². The second-order valence-electron chi connectivity index (χ2n) is 5.73. The van der Waals surface area contributed by atoms with Crippen LogP contribution in [0.4, 0.5) is 0 Å². The van der Waals surface area contributed by atoms with Crippen molar-refractivity contribution in [3.8, 4) is 11.5 Å². The molecule has 1 rings (SSSR count). The van der Waals surface area contributed by atoms with Gasteiger partial charge in [0.15, 0.2) is 11.5 Å². The summed E-state index contributed by atoms with van der Waals surface area (Å²) in [6, 6.07) is 4.90. The summed E-state index contributed by atoms with van der Waals surface area (Å²) in [5.41, 5.74) is 0.172. The number of rotatable bonds is 5. The Labute approximate surface area is 128 Å². The number of benzene rings is 1. The molecule has 0 aliphatic heterocycles. The Kier molecular flexibility index (Phi) is 5.87. The molecule has 0 aromatic heterocycles. The predicted molar refractivity (Wildman–Crippen MR) is 83.8 cm³/mol. The molecule has 0 aliphatic carbocycles. The zero-order valence-corrected chi connectivity index (χ0v) is 14.0. The second-order valence-corrected chi connectivity index (χ2v) is 6.52. The van der Waals surface area contributed by atoms with Crippen LogP contribution in [0, 0.1) is 5.41 Å². The highest BCUT2D eigenvalue weighted by Crippen LogP contribution is 2.30. The van der Waals surface area contributed by atoms with Crippen molar-refractivity contribution in [2.24, 2.45) is 5.41 Å². The van der Waals surface area contributed by atoms with Crippen molar-refractivity contribution in [1.82, 2.24) is 5.32 Å².